The molecule has 5 nitrogen and oxygen atoms in total. The molecule has 2 rings (SSSR count). The fraction of sp³-hybridized carbons (Fsp3) is 0.571. The summed E-state index contributed by atoms with van der Waals surface area (Å²) in [7, 11) is 0. The van der Waals surface area contributed by atoms with E-state index in [2.05, 4.69) is 12.2 Å². The van der Waals surface area contributed by atoms with E-state index in [1.54, 1.807) is 19.1 Å². The molecule has 1 saturated heterocycles. The van der Waals surface area contributed by atoms with Crippen LogP contribution in [-0.2, 0) is 10.3 Å². The minimum atomic E-state index is -1.10. The quantitative estimate of drug-likeness (QED) is 0.649. The van der Waals surface area contributed by atoms with Crippen LogP contribution in [0.1, 0.15) is 32.4 Å². The normalized spacial score (nSPS) is 24.1. The largest absolute Gasteiger partial charge is 0.466 e. The topological polar surface area (TPSA) is 62.6 Å². The maximum Gasteiger partial charge on any atom is 0.325 e. The molecule has 1 fully saturated rings. The van der Waals surface area contributed by atoms with Crippen LogP contribution in [0.5, 0.6) is 0 Å². The van der Waals surface area contributed by atoms with E-state index in [9.17, 15) is 9.59 Å². The van der Waals surface area contributed by atoms with Gasteiger partial charge < -0.3 is 9.73 Å². The Hall–Kier alpha value is -1.49. The minimum Gasteiger partial charge on any atom is -0.466 e. The smallest absolute Gasteiger partial charge is 0.325 e. The Balaban J connectivity index is 2.06. The van der Waals surface area contributed by atoms with Crippen LogP contribution in [0.4, 0.5) is 4.79 Å². The maximum atomic E-state index is 12.5. The second-order valence-corrected chi connectivity index (χ2v) is 5.74. The lowest BCUT2D eigenvalue weighted by atomic mass is 9.99. The van der Waals surface area contributed by atoms with Crippen LogP contribution in [-0.4, -0.2) is 29.3 Å². The fourth-order valence-corrected chi connectivity index (χ4v) is 2.68. The highest BCUT2D eigenvalue weighted by Crippen LogP contribution is 2.29. The number of amides is 3. The number of hydrogen-bond donors (Lipinski definition) is 1. The van der Waals surface area contributed by atoms with Crippen molar-refractivity contribution in [2.45, 2.75) is 32.2 Å². The fourth-order valence-electron chi connectivity index (χ4n) is 2.31. The molecular weight excluding hydrogens is 280 g/mol. The lowest BCUT2D eigenvalue weighted by Crippen LogP contribution is -2.40. The van der Waals surface area contributed by atoms with Gasteiger partial charge in [-0.15, -0.1) is 11.6 Å². The van der Waals surface area contributed by atoms with E-state index in [4.69, 9.17) is 16.0 Å². The number of halogens is 1. The third-order valence-electron chi connectivity index (χ3n) is 3.74. The summed E-state index contributed by atoms with van der Waals surface area (Å²) in [4.78, 5) is 25.7. The molecule has 1 aliphatic rings. The van der Waals surface area contributed by atoms with Gasteiger partial charge in [0.1, 0.15) is 5.76 Å². The molecule has 1 aromatic heterocycles. The van der Waals surface area contributed by atoms with E-state index < -0.39 is 5.54 Å². The van der Waals surface area contributed by atoms with Crippen molar-refractivity contribution >= 4 is 23.5 Å². The average Bonchev–Trinajstić information content (AvgIpc) is 2.98. The second-order valence-electron chi connectivity index (χ2n) is 5.36. The van der Waals surface area contributed by atoms with E-state index in [0.717, 1.165) is 12.8 Å². The van der Waals surface area contributed by atoms with Gasteiger partial charge in [0.25, 0.3) is 5.91 Å². The van der Waals surface area contributed by atoms with E-state index in [1.165, 1.54) is 11.2 Å². The number of rotatable bonds is 6. The van der Waals surface area contributed by atoms with Crippen molar-refractivity contribution in [1.29, 1.82) is 0 Å². The Labute approximate surface area is 123 Å². The third kappa shape index (κ3) is 2.68. The van der Waals surface area contributed by atoms with Crippen LogP contribution in [0, 0.1) is 5.92 Å². The molecular formula is C14H19ClN2O3. The Morgan fingerprint density at radius 3 is 2.80 bits per heavy atom. The third-order valence-corrected chi connectivity index (χ3v) is 3.95. The summed E-state index contributed by atoms with van der Waals surface area (Å²) >= 11 is 5.69. The molecule has 0 radical (unpaired) electrons. The molecule has 0 saturated carbocycles. The zero-order valence-electron chi connectivity index (χ0n) is 11.7. The molecule has 0 bridgehead atoms. The predicted molar refractivity (Wildman–Crippen MR) is 75.4 cm³/mol. The van der Waals surface area contributed by atoms with Gasteiger partial charge in [-0.25, -0.2) is 4.79 Å². The highest BCUT2D eigenvalue weighted by Gasteiger charge is 2.50. The lowest BCUT2D eigenvalue weighted by molar-refractivity contribution is -0.131. The minimum absolute atomic E-state index is 0.268. The molecule has 2 heterocycles. The van der Waals surface area contributed by atoms with Crippen LogP contribution < -0.4 is 5.32 Å². The first-order valence-electron chi connectivity index (χ1n) is 6.73. The van der Waals surface area contributed by atoms with Gasteiger partial charge in [-0.3, -0.25) is 9.69 Å². The van der Waals surface area contributed by atoms with Crippen LogP contribution in [0.25, 0.3) is 0 Å². The number of urea groups is 1. The van der Waals surface area contributed by atoms with E-state index in [1.807, 2.05) is 0 Å². The van der Waals surface area contributed by atoms with Crippen molar-refractivity contribution in [3.63, 3.8) is 0 Å². The Morgan fingerprint density at radius 1 is 1.45 bits per heavy atom. The van der Waals surface area contributed by atoms with E-state index >= 15 is 0 Å². The van der Waals surface area contributed by atoms with Crippen LogP contribution >= 0.6 is 11.6 Å². The number of hydrogen-bond acceptors (Lipinski definition) is 3. The summed E-state index contributed by atoms with van der Waals surface area (Å²) in [5.74, 6) is 1.15. The Morgan fingerprint density at radius 2 is 2.20 bits per heavy atom. The average molecular weight is 299 g/mol. The number of carbonyl (C=O) groups excluding carboxylic acids is 2. The first-order valence-corrected chi connectivity index (χ1v) is 7.26. The first kappa shape index (κ1) is 14.9. The lowest BCUT2D eigenvalue weighted by Gasteiger charge is -2.19. The van der Waals surface area contributed by atoms with Crippen molar-refractivity contribution in [2.75, 3.05) is 12.4 Å². The molecule has 3 amide bonds. The molecule has 0 aliphatic carbocycles. The standard InChI is InChI=1S/C14H19ClN2O3/c1-10(5-7-15)6-8-17-12(18)14(2,16-13(17)19)11-4-3-9-20-11/h3-4,9-10H,5-8H2,1-2H3,(H,16,19). The van der Waals surface area contributed by atoms with Crippen LogP contribution in [0.2, 0.25) is 0 Å². The predicted octanol–water partition coefficient (Wildman–Crippen LogP) is 2.70. The summed E-state index contributed by atoms with van der Waals surface area (Å²) in [5.41, 5.74) is -1.10. The Kier molecular flexibility index (Phi) is 4.38. The molecule has 1 aromatic rings. The summed E-state index contributed by atoms with van der Waals surface area (Å²) in [6, 6.07) is 3.02. The summed E-state index contributed by atoms with van der Waals surface area (Å²) in [6.07, 6.45) is 3.12. The van der Waals surface area contributed by atoms with Crippen molar-refractivity contribution in [3.05, 3.63) is 24.2 Å². The molecule has 0 spiro atoms. The van der Waals surface area contributed by atoms with Crippen LogP contribution in [0.15, 0.2) is 22.8 Å². The SMILES string of the molecule is CC(CCCl)CCN1C(=O)NC(C)(c2ccco2)C1=O. The molecule has 1 N–H and O–H groups in total. The van der Waals surface area contributed by atoms with E-state index in [-0.39, 0.29) is 11.9 Å². The van der Waals surface area contributed by atoms with Crippen molar-refractivity contribution in [3.8, 4) is 0 Å². The summed E-state index contributed by atoms with van der Waals surface area (Å²) in [5, 5.41) is 2.71. The second kappa shape index (κ2) is 5.87. The molecule has 2 atom stereocenters. The molecule has 1 aliphatic heterocycles. The number of imide groups is 1. The van der Waals surface area contributed by atoms with Gasteiger partial charge in [-0.1, -0.05) is 6.92 Å². The zero-order valence-corrected chi connectivity index (χ0v) is 12.4. The molecule has 2 unspecified atom stereocenters. The number of nitrogens with zero attached hydrogens (tertiary/aromatic N) is 1. The van der Waals surface area contributed by atoms with E-state index in [0.29, 0.717) is 24.1 Å². The van der Waals surface area contributed by atoms with Crippen molar-refractivity contribution < 1.29 is 14.0 Å². The maximum absolute atomic E-state index is 12.5. The van der Waals surface area contributed by atoms with Crippen LogP contribution in [0.3, 0.4) is 0 Å². The number of furan rings is 1. The van der Waals surface area contributed by atoms with Gasteiger partial charge in [-0.2, -0.15) is 0 Å². The monoisotopic (exact) mass is 298 g/mol. The van der Waals surface area contributed by atoms with Gasteiger partial charge in [0.2, 0.25) is 0 Å². The van der Waals surface area contributed by atoms with Gasteiger partial charge in [0.05, 0.1) is 6.26 Å². The highest BCUT2D eigenvalue weighted by atomic mass is 35.5. The van der Waals surface area contributed by atoms with Gasteiger partial charge in [-0.05, 0) is 37.8 Å². The van der Waals surface area contributed by atoms with Gasteiger partial charge >= 0.3 is 6.03 Å². The molecule has 0 aromatic carbocycles. The Bertz CT molecular complexity index is 489. The molecule has 110 valence electrons. The number of nitrogens with one attached hydrogen (secondary N) is 1. The molecule has 20 heavy (non-hydrogen) atoms. The van der Waals surface area contributed by atoms with Crippen molar-refractivity contribution in [2.24, 2.45) is 5.92 Å². The number of alkyl halides is 1. The zero-order chi connectivity index (χ0) is 14.8. The molecule has 6 heteroatoms. The first-order chi connectivity index (χ1) is 9.49. The van der Waals surface area contributed by atoms with Gasteiger partial charge in [0.15, 0.2) is 5.54 Å². The number of carbonyl (C=O) groups is 2. The van der Waals surface area contributed by atoms with Gasteiger partial charge in [0, 0.05) is 12.4 Å². The van der Waals surface area contributed by atoms with Crippen molar-refractivity contribution in [1.82, 2.24) is 10.2 Å². The highest BCUT2D eigenvalue weighted by molar-refractivity contribution is 6.17. The summed E-state index contributed by atoms with van der Waals surface area (Å²) in [6.45, 7) is 4.12. The summed E-state index contributed by atoms with van der Waals surface area (Å²) < 4.78 is 5.27.